The van der Waals surface area contributed by atoms with Gasteiger partial charge in [-0.25, -0.2) is 0 Å². The fourth-order valence-electron chi connectivity index (χ4n) is 0.541. The van der Waals surface area contributed by atoms with Gasteiger partial charge in [0.15, 0.2) is 0 Å². The van der Waals surface area contributed by atoms with Gasteiger partial charge in [-0.05, 0) is 0 Å². The van der Waals surface area contributed by atoms with Crippen LogP contribution in [0.3, 0.4) is 0 Å². The predicted octanol–water partition coefficient (Wildman–Crippen LogP) is -1.00. The van der Waals surface area contributed by atoms with Gasteiger partial charge >= 0.3 is 13.6 Å². The van der Waals surface area contributed by atoms with E-state index in [-0.39, 0.29) is 0 Å². The van der Waals surface area contributed by atoms with Crippen molar-refractivity contribution < 1.29 is 29.4 Å². The Balaban J connectivity index is 3.79. The van der Waals surface area contributed by atoms with Crippen molar-refractivity contribution in [3.05, 3.63) is 0 Å². The van der Waals surface area contributed by atoms with Gasteiger partial charge in [-0.3, -0.25) is 9.36 Å². The molecule has 4 N–H and O–H groups in total. The Hall–Kier alpha value is -0.420. The summed E-state index contributed by atoms with van der Waals surface area (Å²) >= 11 is 0. The minimum absolute atomic E-state index is 0.648. The quantitative estimate of drug-likeness (QED) is 0.416. The van der Waals surface area contributed by atoms with Crippen molar-refractivity contribution in [3.8, 4) is 0 Å². The van der Waals surface area contributed by atoms with E-state index in [9.17, 15) is 9.36 Å². The molecule has 6 nitrogen and oxygen atoms in total. The van der Waals surface area contributed by atoms with Crippen molar-refractivity contribution >= 4 is 13.6 Å². The average Bonchev–Trinajstić information content (AvgIpc) is 1.53. The lowest BCUT2D eigenvalue weighted by Crippen LogP contribution is -2.17. The van der Waals surface area contributed by atoms with E-state index in [1.807, 2.05) is 0 Å². The molecule has 11 heavy (non-hydrogen) atoms. The summed E-state index contributed by atoms with van der Waals surface area (Å²) < 4.78 is 10.2. The summed E-state index contributed by atoms with van der Waals surface area (Å²) in [6.45, 7) is 0. The molecular formula is C4H9O6P. The van der Waals surface area contributed by atoms with Crippen molar-refractivity contribution in [1.29, 1.82) is 0 Å². The molecule has 1 atom stereocenters. The summed E-state index contributed by atoms with van der Waals surface area (Å²) in [6, 6.07) is 0. The van der Waals surface area contributed by atoms with Crippen LogP contribution in [0.2, 0.25) is 0 Å². The molecule has 0 fully saturated rings. The standard InChI is InChI=1S/C4H9O6P/c5-3(1-4(6)7)2-11(8,9)10/h3,5H,1-2H2,(H,6,7)(H2,8,9,10). The van der Waals surface area contributed by atoms with E-state index in [2.05, 4.69) is 0 Å². The smallest absolute Gasteiger partial charge is 0.328 e. The lowest BCUT2D eigenvalue weighted by atomic mass is 10.3. The van der Waals surface area contributed by atoms with E-state index < -0.39 is 32.3 Å². The van der Waals surface area contributed by atoms with Gasteiger partial charge < -0.3 is 20.0 Å². The van der Waals surface area contributed by atoms with Crippen LogP contribution in [0, 0.1) is 0 Å². The molecule has 0 rings (SSSR count). The highest BCUT2D eigenvalue weighted by atomic mass is 31.2. The summed E-state index contributed by atoms with van der Waals surface area (Å²) in [4.78, 5) is 26.4. The van der Waals surface area contributed by atoms with Crippen LogP contribution in [0.4, 0.5) is 0 Å². The van der Waals surface area contributed by atoms with Crippen LogP contribution in [0.25, 0.3) is 0 Å². The highest BCUT2D eigenvalue weighted by Crippen LogP contribution is 2.35. The third kappa shape index (κ3) is 7.48. The second-order valence-electron chi connectivity index (χ2n) is 2.10. The number of aliphatic hydroxyl groups is 1. The van der Waals surface area contributed by atoms with Crippen LogP contribution >= 0.6 is 7.60 Å². The van der Waals surface area contributed by atoms with Gasteiger partial charge in [-0.1, -0.05) is 0 Å². The normalized spacial score (nSPS) is 14.5. The van der Waals surface area contributed by atoms with Gasteiger partial charge in [0.1, 0.15) is 0 Å². The molecule has 0 radical (unpaired) electrons. The molecule has 0 aliphatic carbocycles. The zero-order valence-electron chi connectivity index (χ0n) is 5.54. The van der Waals surface area contributed by atoms with E-state index in [0.29, 0.717) is 0 Å². The second-order valence-corrected chi connectivity index (χ2v) is 3.79. The fraction of sp³-hybridized carbons (Fsp3) is 0.750. The average molecular weight is 184 g/mol. The lowest BCUT2D eigenvalue weighted by molar-refractivity contribution is -0.138. The molecule has 66 valence electrons. The maximum absolute atomic E-state index is 10.2. The van der Waals surface area contributed by atoms with E-state index >= 15 is 0 Å². The summed E-state index contributed by atoms with van der Waals surface area (Å²) in [7, 11) is -4.29. The number of hydrogen-bond donors (Lipinski definition) is 4. The minimum Gasteiger partial charge on any atom is -0.481 e. The first-order chi connectivity index (χ1) is 4.81. The van der Waals surface area contributed by atoms with Crippen molar-refractivity contribution in [2.75, 3.05) is 6.16 Å². The maximum atomic E-state index is 10.2. The summed E-state index contributed by atoms with van der Waals surface area (Å²) in [5, 5.41) is 16.7. The van der Waals surface area contributed by atoms with E-state index in [1.165, 1.54) is 0 Å². The summed E-state index contributed by atoms with van der Waals surface area (Å²) in [5.41, 5.74) is 0. The Labute approximate surface area is 62.6 Å². The van der Waals surface area contributed by atoms with Crippen molar-refractivity contribution in [1.82, 2.24) is 0 Å². The fourth-order valence-corrected chi connectivity index (χ4v) is 1.22. The van der Waals surface area contributed by atoms with Gasteiger partial charge in [0.2, 0.25) is 0 Å². The summed E-state index contributed by atoms with van der Waals surface area (Å²) in [5.74, 6) is -1.29. The zero-order valence-corrected chi connectivity index (χ0v) is 6.44. The molecule has 1 unspecified atom stereocenters. The second kappa shape index (κ2) is 3.82. The molecule has 0 aromatic carbocycles. The first kappa shape index (κ1) is 10.6. The van der Waals surface area contributed by atoms with Crippen LogP contribution in [0.1, 0.15) is 6.42 Å². The van der Waals surface area contributed by atoms with Crippen LogP contribution in [0.5, 0.6) is 0 Å². The molecule has 0 aromatic heterocycles. The molecule has 0 spiro atoms. The lowest BCUT2D eigenvalue weighted by Gasteiger charge is -2.07. The maximum Gasteiger partial charge on any atom is 0.328 e. The number of rotatable bonds is 4. The Morgan fingerprint density at radius 3 is 2.18 bits per heavy atom. The van der Waals surface area contributed by atoms with Crippen LogP contribution < -0.4 is 0 Å². The SMILES string of the molecule is O=C(O)CC(O)CP(=O)(O)O. The molecule has 0 amide bonds. The van der Waals surface area contributed by atoms with Gasteiger partial charge in [0.05, 0.1) is 18.7 Å². The first-order valence-electron chi connectivity index (χ1n) is 2.75. The largest absolute Gasteiger partial charge is 0.481 e. The molecule has 0 saturated carbocycles. The van der Waals surface area contributed by atoms with Gasteiger partial charge in [0, 0.05) is 0 Å². The third-order valence-electron chi connectivity index (χ3n) is 0.859. The number of carbonyl (C=O) groups is 1. The van der Waals surface area contributed by atoms with E-state index in [4.69, 9.17) is 20.0 Å². The molecular weight excluding hydrogens is 175 g/mol. The van der Waals surface area contributed by atoms with Gasteiger partial charge in [-0.2, -0.15) is 0 Å². The van der Waals surface area contributed by atoms with Gasteiger partial charge in [0.25, 0.3) is 0 Å². The Morgan fingerprint density at radius 2 is 1.91 bits per heavy atom. The monoisotopic (exact) mass is 184 g/mol. The highest BCUT2D eigenvalue weighted by molar-refractivity contribution is 7.51. The third-order valence-corrected chi connectivity index (χ3v) is 1.76. The molecule has 0 saturated heterocycles. The van der Waals surface area contributed by atoms with Crippen molar-refractivity contribution in [2.24, 2.45) is 0 Å². The van der Waals surface area contributed by atoms with E-state index in [0.717, 1.165) is 0 Å². The van der Waals surface area contributed by atoms with Crippen molar-refractivity contribution in [2.45, 2.75) is 12.5 Å². The Kier molecular flexibility index (Phi) is 3.68. The molecule has 7 heteroatoms. The Morgan fingerprint density at radius 1 is 1.45 bits per heavy atom. The first-order valence-corrected chi connectivity index (χ1v) is 4.55. The zero-order chi connectivity index (χ0) is 9.07. The summed E-state index contributed by atoms with van der Waals surface area (Å²) in [6.07, 6.45) is -2.93. The molecule has 0 aromatic rings. The van der Waals surface area contributed by atoms with Crippen LogP contribution in [-0.2, 0) is 9.36 Å². The number of carboxylic acid groups (broad SMARTS) is 1. The van der Waals surface area contributed by atoms with Crippen LogP contribution in [-0.4, -0.2) is 38.2 Å². The molecule has 0 aliphatic heterocycles. The molecule has 0 bridgehead atoms. The number of aliphatic carboxylic acids is 1. The minimum atomic E-state index is -4.29. The van der Waals surface area contributed by atoms with Crippen LogP contribution in [0.15, 0.2) is 0 Å². The van der Waals surface area contributed by atoms with E-state index in [1.54, 1.807) is 0 Å². The number of carboxylic acids is 1. The highest BCUT2D eigenvalue weighted by Gasteiger charge is 2.21. The number of aliphatic hydroxyl groups excluding tert-OH is 1. The molecule has 0 heterocycles. The molecule has 0 aliphatic rings. The van der Waals surface area contributed by atoms with Crippen molar-refractivity contribution in [3.63, 3.8) is 0 Å². The topological polar surface area (TPSA) is 115 Å². The van der Waals surface area contributed by atoms with Gasteiger partial charge in [-0.15, -0.1) is 0 Å². The number of hydrogen-bond acceptors (Lipinski definition) is 3. The predicted molar refractivity (Wildman–Crippen MR) is 35.2 cm³/mol. The Bertz CT molecular complexity index is 183.